The maximum Gasteiger partial charge on any atom is 0.248 e. The highest BCUT2D eigenvalue weighted by Gasteiger charge is 2.09. The van der Waals surface area contributed by atoms with E-state index in [9.17, 15) is 9.18 Å². The van der Waals surface area contributed by atoms with Crippen LogP contribution in [0.3, 0.4) is 0 Å². The molecular formula is C26H22FN3O. The van der Waals surface area contributed by atoms with Crippen molar-refractivity contribution in [1.29, 1.82) is 0 Å². The van der Waals surface area contributed by atoms with Gasteiger partial charge in [0.1, 0.15) is 5.82 Å². The molecule has 4 nitrogen and oxygen atoms in total. The van der Waals surface area contributed by atoms with Gasteiger partial charge in [-0.1, -0.05) is 42.5 Å². The molecule has 0 spiro atoms. The summed E-state index contributed by atoms with van der Waals surface area (Å²) >= 11 is 0. The zero-order valence-corrected chi connectivity index (χ0v) is 17.1. The maximum absolute atomic E-state index is 13.2. The van der Waals surface area contributed by atoms with Crippen LogP contribution in [-0.4, -0.2) is 15.7 Å². The average molecular weight is 411 g/mol. The fourth-order valence-electron chi connectivity index (χ4n) is 3.42. The number of benzene rings is 3. The van der Waals surface area contributed by atoms with Crippen LogP contribution < -0.4 is 5.32 Å². The Morgan fingerprint density at radius 2 is 1.65 bits per heavy atom. The lowest BCUT2D eigenvalue weighted by molar-refractivity contribution is -0.111. The molecule has 0 saturated carbocycles. The Labute approximate surface area is 180 Å². The molecule has 1 N–H and O–H groups in total. The minimum absolute atomic E-state index is 0.232. The van der Waals surface area contributed by atoms with Crippen LogP contribution in [0.5, 0.6) is 0 Å². The van der Waals surface area contributed by atoms with Gasteiger partial charge >= 0.3 is 0 Å². The van der Waals surface area contributed by atoms with Gasteiger partial charge in [0.15, 0.2) is 0 Å². The topological polar surface area (TPSA) is 46.9 Å². The number of carbonyl (C=O) groups excluding carboxylic acids is 1. The lowest BCUT2D eigenvalue weighted by Gasteiger charge is -2.06. The predicted octanol–water partition coefficient (Wildman–Crippen LogP) is 5.47. The highest BCUT2D eigenvalue weighted by Crippen LogP contribution is 2.24. The SMILES string of the molecule is Cn1ncc(/C=C/C(=O)Nc2ccc(Cc3ccccc3)cc2)c1-c1ccc(F)cc1. The van der Waals surface area contributed by atoms with Crippen molar-refractivity contribution in [2.45, 2.75) is 6.42 Å². The summed E-state index contributed by atoms with van der Waals surface area (Å²) < 4.78 is 14.9. The van der Waals surface area contributed by atoms with E-state index in [4.69, 9.17) is 0 Å². The summed E-state index contributed by atoms with van der Waals surface area (Å²) in [5.41, 5.74) is 5.58. The van der Waals surface area contributed by atoms with Crippen LogP contribution in [0.1, 0.15) is 16.7 Å². The zero-order valence-electron chi connectivity index (χ0n) is 17.1. The van der Waals surface area contributed by atoms with Gasteiger partial charge in [-0.25, -0.2) is 4.39 Å². The lowest BCUT2D eigenvalue weighted by atomic mass is 10.0. The molecule has 1 aromatic heterocycles. The third kappa shape index (κ3) is 5.14. The minimum Gasteiger partial charge on any atom is -0.323 e. The Morgan fingerprint density at radius 3 is 2.35 bits per heavy atom. The first-order valence-electron chi connectivity index (χ1n) is 9.98. The summed E-state index contributed by atoms with van der Waals surface area (Å²) in [5, 5.41) is 7.14. The standard InChI is InChI=1S/C26H22FN3O/c1-30-26(21-9-12-23(27)13-10-21)22(18-28-30)11-16-25(31)29-24-14-7-20(8-15-24)17-19-5-3-2-4-6-19/h2-16,18H,17H2,1H3,(H,29,31)/b16-11+. The maximum atomic E-state index is 13.2. The molecule has 0 saturated heterocycles. The quantitative estimate of drug-likeness (QED) is 0.428. The number of halogens is 1. The van der Waals surface area contributed by atoms with E-state index in [1.807, 2.05) is 49.5 Å². The molecule has 4 rings (SSSR count). The van der Waals surface area contributed by atoms with Crippen LogP contribution in [0.2, 0.25) is 0 Å². The Balaban J connectivity index is 1.42. The fourth-order valence-corrected chi connectivity index (χ4v) is 3.42. The molecule has 31 heavy (non-hydrogen) atoms. The minimum atomic E-state index is -0.294. The van der Waals surface area contributed by atoms with Crippen LogP contribution in [-0.2, 0) is 18.3 Å². The number of anilines is 1. The van der Waals surface area contributed by atoms with Crippen molar-refractivity contribution in [2.24, 2.45) is 7.05 Å². The Hall–Kier alpha value is -3.99. The molecule has 154 valence electrons. The van der Waals surface area contributed by atoms with Gasteiger partial charge in [0.25, 0.3) is 0 Å². The van der Waals surface area contributed by atoms with Gasteiger partial charge in [0.2, 0.25) is 5.91 Å². The van der Waals surface area contributed by atoms with Crippen LogP contribution >= 0.6 is 0 Å². The van der Waals surface area contributed by atoms with E-state index in [-0.39, 0.29) is 11.7 Å². The van der Waals surface area contributed by atoms with Gasteiger partial charge in [-0.15, -0.1) is 0 Å². The zero-order chi connectivity index (χ0) is 21.6. The molecule has 0 aliphatic rings. The van der Waals surface area contributed by atoms with Gasteiger partial charge < -0.3 is 5.32 Å². The normalized spacial score (nSPS) is 11.0. The highest BCUT2D eigenvalue weighted by atomic mass is 19.1. The molecule has 0 unspecified atom stereocenters. The number of nitrogens with zero attached hydrogens (tertiary/aromatic N) is 2. The molecule has 0 aliphatic carbocycles. The summed E-state index contributed by atoms with van der Waals surface area (Å²) in [7, 11) is 1.81. The third-order valence-electron chi connectivity index (χ3n) is 4.97. The van der Waals surface area contributed by atoms with E-state index in [0.717, 1.165) is 28.9 Å². The van der Waals surface area contributed by atoms with Crippen LogP contribution in [0.25, 0.3) is 17.3 Å². The first-order valence-corrected chi connectivity index (χ1v) is 9.98. The highest BCUT2D eigenvalue weighted by molar-refractivity contribution is 6.02. The van der Waals surface area contributed by atoms with Crippen molar-refractivity contribution in [2.75, 3.05) is 5.32 Å². The molecule has 0 aliphatic heterocycles. The molecule has 4 aromatic rings. The number of aromatic nitrogens is 2. The van der Waals surface area contributed by atoms with E-state index >= 15 is 0 Å². The number of hydrogen-bond acceptors (Lipinski definition) is 2. The Bertz CT molecular complexity index is 1190. The second-order valence-corrected chi connectivity index (χ2v) is 7.26. The van der Waals surface area contributed by atoms with Crippen molar-refractivity contribution in [3.8, 4) is 11.3 Å². The van der Waals surface area contributed by atoms with E-state index in [2.05, 4.69) is 22.5 Å². The van der Waals surface area contributed by atoms with Gasteiger partial charge in [-0.3, -0.25) is 9.48 Å². The summed E-state index contributed by atoms with van der Waals surface area (Å²) in [6.07, 6.45) is 5.72. The van der Waals surface area contributed by atoms with Crippen molar-refractivity contribution in [3.63, 3.8) is 0 Å². The van der Waals surface area contributed by atoms with E-state index in [1.165, 1.54) is 29.3 Å². The number of rotatable bonds is 6. The first kappa shape index (κ1) is 20.3. The number of amides is 1. The lowest BCUT2D eigenvalue weighted by Crippen LogP contribution is -2.07. The average Bonchev–Trinajstić information content (AvgIpc) is 3.15. The van der Waals surface area contributed by atoms with Gasteiger partial charge in [-0.05, 0) is 60.0 Å². The first-order chi connectivity index (χ1) is 15.1. The molecule has 1 amide bonds. The summed E-state index contributed by atoms with van der Waals surface area (Å²) in [5.74, 6) is -0.526. The molecular weight excluding hydrogens is 389 g/mol. The smallest absolute Gasteiger partial charge is 0.248 e. The van der Waals surface area contributed by atoms with Gasteiger partial charge in [0, 0.05) is 29.9 Å². The molecule has 0 bridgehead atoms. The Kier molecular flexibility index (Phi) is 6.03. The Morgan fingerprint density at radius 1 is 0.968 bits per heavy atom. The molecule has 5 heteroatoms. The summed E-state index contributed by atoms with van der Waals surface area (Å²) in [6, 6.07) is 24.3. The van der Waals surface area contributed by atoms with Crippen molar-refractivity contribution in [1.82, 2.24) is 9.78 Å². The third-order valence-corrected chi connectivity index (χ3v) is 4.97. The fraction of sp³-hybridized carbons (Fsp3) is 0.0769. The summed E-state index contributed by atoms with van der Waals surface area (Å²) in [6.45, 7) is 0. The van der Waals surface area contributed by atoms with E-state index in [1.54, 1.807) is 29.1 Å². The largest absolute Gasteiger partial charge is 0.323 e. The second kappa shape index (κ2) is 9.22. The number of nitrogens with one attached hydrogen (secondary N) is 1. The number of carbonyl (C=O) groups is 1. The molecule has 3 aromatic carbocycles. The van der Waals surface area contributed by atoms with E-state index < -0.39 is 0 Å². The van der Waals surface area contributed by atoms with Crippen LogP contribution in [0, 0.1) is 5.82 Å². The molecule has 0 fully saturated rings. The second-order valence-electron chi connectivity index (χ2n) is 7.26. The van der Waals surface area contributed by atoms with E-state index in [0.29, 0.717) is 0 Å². The monoisotopic (exact) mass is 411 g/mol. The number of aryl methyl sites for hydroxylation is 1. The molecule has 0 radical (unpaired) electrons. The van der Waals surface area contributed by atoms with Crippen molar-refractivity contribution >= 4 is 17.7 Å². The van der Waals surface area contributed by atoms with Crippen molar-refractivity contribution < 1.29 is 9.18 Å². The van der Waals surface area contributed by atoms with Crippen LogP contribution in [0.15, 0.2) is 91.1 Å². The summed E-state index contributed by atoms with van der Waals surface area (Å²) in [4.78, 5) is 12.4. The van der Waals surface area contributed by atoms with Crippen LogP contribution in [0.4, 0.5) is 10.1 Å². The van der Waals surface area contributed by atoms with Crippen molar-refractivity contribution in [3.05, 3.63) is 114 Å². The number of hydrogen-bond donors (Lipinski definition) is 1. The predicted molar refractivity (Wildman–Crippen MR) is 122 cm³/mol. The van der Waals surface area contributed by atoms with Gasteiger partial charge in [-0.2, -0.15) is 5.10 Å². The molecule has 1 heterocycles. The molecule has 0 atom stereocenters. The van der Waals surface area contributed by atoms with Gasteiger partial charge in [0.05, 0.1) is 11.9 Å².